The number of rotatable bonds is 6. The van der Waals surface area contributed by atoms with Gasteiger partial charge in [0.25, 0.3) is 0 Å². The van der Waals surface area contributed by atoms with Crippen molar-refractivity contribution in [3.63, 3.8) is 0 Å². The Labute approximate surface area is 107 Å². The second-order valence-electron chi connectivity index (χ2n) is 5.71. The van der Waals surface area contributed by atoms with Gasteiger partial charge in [-0.2, -0.15) is 0 Å². The molecule has 1 fully saturated rings. The zero-order valence-corrected chi connectivity index (χ0v) is 12.3. The van der Waals surface area contributed by atoms with Crippen molar-refractivity contribution in [2.75, 3.05) is 26.8 Å². The SMILES string of the molecule is CCCC(COC)N1CC(C)(CC)NCC1C. The number of hydrogen-bond donors (Lipinski definition) is 1. The fourth-order valence-electron chi connectivity index (χ4n) is 2.72. The van der Waals surface area contributed by atoms with E-state index in [2.05, 4.69) is 37.9 Å². The van der Waals surface area contributed by atoms with Gasteiger partial charge >= 0.3 is 0 Å². The summed E-state index contributed by atoms with van der Waals surface area (Å²) in [4.78, 5) is 2.65. The minimum atomic E-state index is 0.270. The van der Waals surface area contributed by atoms with E-state index in [1.165, 1.54) is 19.3 Å². The number of methoxy groups -OCH3 is 1. The van der Waals surface area contributed by atoms with Crippen molar-refractivity contribution in [3.8, 4) is 0 Å². The summed E-state index contributed by atoms with van der Waals surface area (Å²) < 4.78 is 5.40. The number of hydrogen-bond acceptors (Lipinski definition) is 3. The molecule has 3 unspecified atom stereocenters. The molecule has 0 aromatic heterocycles. The summed E-state index contributed by atoms with van der Waals surface area (Å²) in [6, 6.07) is 1.19. The van der Waals surface area contributed by atoms with Gasteiger partial charge < -0.3 is 10.1 Å². The van der Waals surface area contributed by atoms with Crippen LogP contribution in [0, 0.1) is 0 Å². The molecule has 1 heterocycles. The van der Waals surface area contributed by atoms with Gasteiger partial charge in [0.15, 0.2) is 0 Å². The summed E-state index contributed by atoms with van der Waals surface area (Å²) >= 11 is 0. The largest absolute Gasteiger partial charge is 0.383 e. The third-order valence-electron chi connectivity index (χ3n) is 4.15. The quantitative estimate of drug-likeness (QED) is 0.773. The standard InChI is InChI=1S/C14H30N2O/c1-6-8-13(10-17-5)16-11-14(4,7-2)15-9-12(16)3/h12-13,15H,6-11H2,1-5H3. The molecule has 0 spiro atoms. The molecule has 1 N–H and O–H groups in total. The number of nitrogens with one attached hydrogen (secondary N) is 1. The molecule has 0 amide bonds. The predicted octanol–water partition coefficient (Wildman–Crippen LogP) is 2.26. The average Bonchev–Trinajstić information content (AvgIpc) is 2.32. The fourth-order valence-corrected chi connectivity index (χ4v) is 2.72. The van der Waals surface area contributed by atoms with Crippen LogP contribution in [0.4, 0.5) is 0 Å². The van der Waals surface area contributed by atoms with Crippen molar-refractivity contribution in [1.82, 2.24) is 10.2 Å². The maximum Gasteiger partial charge on any atom is 0.0618 e. The molecule has 1 aliphatic heterocycles. The van der Waals surface area contributed by atoms with E-state index in [9.17, 15) is 0 Å². The summed E-state index contributed by atoms with van der Waals surface area (Å²) in [6.07, 6.45) is 3.65. The van der Waals surface area contributed by atoms with Crippen molar-refractivity contribution in [2.24, 2.45) is 0 Å². The predicted molar refractivity (Wildman–Crippen MR) is 73.4 cm³/mol. The molecule has 1 aliphatic rings. The molecule has 0 bridgehead atoms. The molecular formula is C14H30N2O. The molecule has 0 saturated carbocycles. The Morgan fingerprint density at radius 1 is 1.47 bits per heavy atom. The van der Waals surface area contributed by atoms with Gasteiger partial charge in [-0.25, -0.2) is 0 Å². The fraction of sp³-hybridized carbons (Fsp3) is 1.00. The molecule has 3 nitrogen and oxygen atoms in total. The first kappa shape index (κ1) is 14.9. The van der Waals surface area contributed by atoms with Gasteiger partial charge in [0.05, 0.1) is 6.61 Å². The van der Waals surface area contributed by atoms with Crippen LogP contribution in [0.3, 0.4) is 0 Å². The second-order valence-corrected chi connectivity index (χ2v) is 5.71. The Morgan fingerprint density at radius 2 is 2.18 bits per heavy atom. The van der Waals surface area contributed by atoms with Crippen LogP contribution >= 0.6 is 0 Å². The molecule has 17 heavy (non-hydrogen) atoms. The Hall–Kier alpha value is -0.120. The highest BCUT2D eigenvalue weighted by Gasteiger charge is 2.35. The van der Waals surface area contributed by atoms with E-state index in [1.807, 2.05) is 7.11 Å². The monoisotopic (exact) mass is 242 g/mol. The van der Waals surface area contributed by atoms with Gasteiger partial charge in [0.2, 0.25) is 0 Å². The summed E-state index contributed by atoms with van der Waals surface area (Å²) in [5.74, 6) is 0. The minimum Gasteiger partial charge on any atom is -0.383 e. The summed E-state index contributed by atoms with van der Waals surface area (Å²) in [5, 5.41) is 3.68. The molecule has 3 heteroatoms. The molecule has 102 valence electrons. The van der Waals surface area contributed by atoms with Crippen LogP contribution in [0.1, 0.15) is 47.0 Å². The highest BCUT2D eigenvalue weighted by molar-refractivity contribution is 4.95. The topological polar surface area (TPSA) is 24.5 Å². The first-order chi connectivity index (χ1) is 8.06. The minimum absolute atomic E-state index is 0.270. The Balaban J connectivity index is 2.69. The van der Waals surface area contributed by atoms with Gasteiger partial charge in [-0.3, -0.25) is 4.90 Å². The third-order valence-corrected chi connectivity index (χ3v) is 4.15. The highest BCUT2D eigenvalue weighted by Crippen LogP contribution is 2.22. The smallest absolute Gasteiger partial charge is 0.0618 e. The first-order valence-corrected chi connectivity index (χ1v) is 7.06. The van der Waals surface area contributed by atoms with Crippen molar-refractivity contribution < 1.29 is 4.74 Å². The first-order valence-electron chi connectivity index (χ1n) is 7.06. The zero-order valence-electron chi connectivity index (χ0n) is 12.3. The maximum absolute atomic E-state index is 5.40. The molecule has 3 atom stereocenters. The van der Waals surface area contributed by atoms with Crippen molar-refractivity contribution in [2.45, 2.75) is 64.6 Å². The summed E-state index contributed by atoms with van der Waals surface area (Å²) in [7, 11) is 1.81. The van der Waals surface area contributed by atoms with E-state index >= 15 is 0 Å². The van der Waals surface area contributed by atoms with Gasteiger partial charge in [-0.15, -0.1) is 0 Å². The average molecular weight is 242 g/mol. The lowest BCUT2D eigenvalue weighted by atomic mass is 9.92. The van der Waals surface area contributed by atoms with Crippen LogP contribution in [-0.4, -0.2) is 49.3 Å². The van der Waals surface area contributed by atoms with Crippen LogP contribution in [0.5, 0.6) is 0 Å². The maximum atomic E-state index is 5.40. The molecule has 0 aromatic rings. The summed E-state index contributed by atoms with van der Waals surface area (Å²) in [6.45, 7) is 12.3. The van der Waals surface area contributed by atoms with Crippen LogP contribution in [0.25, 0.3) is 0 Å². The molecular weight excluding hydrogens is 212 g/mol. The summed E-state index contributed by atoms with van der Waals surface area (Å²) in [5.41, 5.74) is 0.270. The third kappa shape index (κ3) is 3.94. The van der Waals surface area contributed by atoms with Crippen molar-refractivity contribution >= 4 is 0 Å². The number of ether oxygens (including phenoxy) is 1. The van der Waals surface area contributed by atoms with Crippen LogP contribution in [-0.2, 0) is 4.74 Å². The molecule has 0 radical (unpaired) electrons. The Kier molecular flexibility index (Phi) is 5.90. The lowest BCUT2D eigenvalue weighted by Gasteiger charge is -2.48. The van der Waals surface area contributed by atoms with Crippen molar-refractivity contribution in [3.05, 3.63) is 0 Å². The molecule has 0 aromatic carbocycles. The van der Waals surface area contributed by atoms with Gasteiger partial charge in [0.1, 0.15) is 0 Å². The lowest BCUT2D eigenvalue weighted by molar-refractivity contribution is 0.0131. The van der Waals surface area contributed by atoms with E-state index in [0.717, 1.165) is 19.7 Å². The second kappa shape index (κ2) is 6.72. The number of piperazine rings is 1. The van der Waals surface area contributed by atoms with Crippen LogP contribution < -0.4 is 5.32 Å². The van der Waals surface area contributed by atoms with Crippen LogP contribution in [0.15, 0.2) is 0 Å². The van der Waals surface area contributed by atoms with E-state index < -0.39 is 0 Å². The van der Waals surface area contributed by atoms with E-state index in [4.69, 9.17) is 4.74 Å². The lowest BCUT2D eigenvalue weighted by Crippen LogP contribution is -2.64. The molecule has 1 rings (SSSR count). The van der Waals surface area contributed by atoms with E-state index in [-0.39, 0.29) is 5.54 Å². The highest BCUT2D eigenvalue weighted by atomic mass is 16.5. The molecule has 0 aliphatic carbocycles. The normalized spacial score (nSPS) is 32.6. The van der Waals surface area contributed by atoms with Gasteiger partial charge in [0, 0.05) is 37.8 Å². The van der Waals surface area contributed by atoms with E-state index in [1.54, 1.807) is 0 Å². The van der Waals surface area contributed by atoms with Gasteiger partial charge in [-0.1, -0.05) is 20.3 Å². The zero-order chi connectivity index (χ0) is 12.9. The van der Waals surface area contributed by atoms with Gasteiger partial charge in [-0.05, 0) is 26.7 Å². The Morgan fingerprint density at radius 3 is 2.71 bits per heavy atom. The Bertz CT molecular complexity index is 216. The van der Waals surface area contributed by atoms with E-state index in [0.29, 0.717) is 12.1 Å². The van der Waals surface area contributed by atoms with Crippen molar-refractivity contribution in [1.29, 1.82) is 0 Å². The molecule has 1 saturated heterocycles. The number of nitrogens with zero attached hydrogens (tertiary/aromatic N) is 1. The van der Waals surface area contributed by atoms with Crippen LogP contribution in [0.2, 0.25) is 0 Å².